The molecule has 1 aliphatic heterocycles. The van der Waals surface area contributed by atoms with Crippen LogP contribution in [0, 0.1) is 11.8 Å². The van der Waals surface area contributed by atoms with Crippen molar-refractivity contribution in [2.75, 3.05) is 39.3 Å². The molecular weight excluding hydrogens is 362 g/mol. The van der Waals surface area contributed by atoms with E-state index in [9.17, 15) is 0 Å². The molecule has 2 fully saturated rings. The number of piperazine rings is 1. The van der Waals surface area contributed by atoms with Crippen LogP contribution in [0.4, 0.5) is 0 Å². The average molecular weight is 394 g/mol. The number of aryl methyl sites for hydroxylation is 1. The number of nitrogens with zero attached hydrogens (tertiary/aromatic N) is 4. The van der Waals surface area contributed by atoms with Gasteiger partial charge in [-0.2, -0.15) is 0 Å². The van der Waals surface area contributed by atoms with Crippen molar-refractivity contribution in [1.29, 1.82) is 0 Å². The smallest absolute Gasteiger partial charge is 0.194 e. The predicted molar refractivity (Wildman–Crippen MR) is 114 cm³/mol. The zero-order valence-corrected chi connectivity index (χ0v) is 17.3. The number of hydrogen-bond acceptors (Lipinski definition) is 4. The Morgan fingerprint density at radius 2 is 2.07 bits per heavy atom. The summed E-state index contributed by atoms with van der Waals surface area (Å²) < 4.78 is 4.95. The van der Waals surface area contributed by atoms with Crippen LogP contribution in [0.15, 0.2) is 46.1 Å². The summed E-state index contributed by atoms with van der Waals surface area (Å²) >= 11 is 0. The van der Waals surface area contributed by atoms with Gasteiger partial charge in [-0.05, 0) is 48.6 Å². The van der Waals surface area contributed by atoms with Crippen molar-refractivity contribution in [2.45, 2.75) is 32.2 Å². The molecule has 1 saturated carbocycles. The van der Waals surface area contributed by atoms with E-state index in [2.05, 4.69) is 51.5 Å². The van der Waals surface area contributed by atoms with Crippen LogP contribution in [0.25, 0.3) is 0 Å². The summed E-state index contributed by atoms with van der Waals surface area (Å²) in [5, 5.41) is 7.56. The number of nitrogens with one attached hydrogen (secondary N) is 1. The van der Waals surface area contributed by atoms with Gasteiger partial charge in [0, 0.05) is 51.9 Å². The summed E-state index contributed by atoms with van der Waals surface area (Å²) in [6.07, 6.45) is 4.22. The van der Waals surface area contributed by atoms with E-state index < -0.39 is 0 Å². The molecule has 1 saturated heterocycles. The Bertz CT molecular complexity index is 841. The second-order valence-electron chi connectivity index (χ2n) is 8.54. The van der Waals surface area contributed by atoms with E-state index >= 15 is 0 Å². The van der Waals surface area contributed by atoms with E-state index in [1.54, 1.807) is 17.4 Å². The van der Waals surface area contributed by atoms with Gasteiger partial charge in [-0.1, -0.05) is 29.4 Å². The average Bonchev–Trinajstić information content (AvgIpc) is 3.24. The fourth-order valence-corrected chi connectivity index (χ4v) is 5.24. The molecule has 3 atom stereocenters. The summed E-state index contributed by atoms with van der Waals surface area (Å²) in [7, 11) is 0. The number of benzene rings is 1. The third-order valence-corrected chi connectivity index (χ3v) is 6.83. The van der Waals surface area contributed by atoms with E-state index in [0.29, 0.717) is 0 Å². The summed E-state index contributed by atoms with van der Waals surface area (Å²) in [5.74, 6) is 3.40. The summed E-state index contributed by atoms with van der Waals surface area (Å²) in [6, 6.07) is 11.0. The second kappa shape index (κ2) is 8.19. The highest BCUT2D eigenvalue weighted by Gasteiger charge is 2.52. The van der Waals surface area contributed by atoms with E-state index in [1.807, 2.05) is 6.07 Å². The van der Waals surface area contributed by atoms with Crippen LogP contribution in [0.2, 0.25) is 0 Å². The molecule has 3 unspecified atom stereocenters. The lowest BCUT2D eigenvalue weighted by Crippen LogP contribution is -2.52. The fraction of sp³-hybridized carbons (Fsp3) is 0.565. The molecule has 6 nitrogen and oxygen atoms in total. The van der Waals surface area contributed by atoms with Gasteiger partial charge in [0.15, 0.2) is 5.96 Å². The van der Waals surface area contributed by atoms with Gasteiger partial charge in [0.1, 0.15) is 6.26 Å². The Morgan fingerprint density at radius 1 is 1.21 bits per heavy atom. The van der Waals surface area contributed by atoms with Gasteiger partial charge in [-0.15, -0.1) is 0 Å². The van der Waals surface area contributed by atoms with Gasteiger partial charge < -0.3 is 14.7 Å². The molecular formula is C23H31N5O. The normalized spacial score (nSPS) is 26.7. The number of rotatable bonds is 5. The minimum Gasteiger partial charge on any atom is -0.364 e. The van der Waals surface area contributed by atoms with Crippen LogP contribution < -0.4 is 5.32 Å². The molecule has 29 heavy (non-hydrogen) atoms. The molecule has 154 valence electrons. The highest BCUT2D eigenvalue weighted by Crippen LogP contribution is 2.59. The Balaban J connectivity index is 1.19. The Morgan fingerprint density at radius 3 is 2.86 bits per heavy atom. The van der Waals surface area contributed by atoms with Crippen molar-refractivity contribution in [3.05, 3.63) is 53.4 Å². The number of guanidine groups is 1. The first-order valence-electron chi connectivity index (χ1n) is 11.1. The second-order valence-corrected chi connectivity index (χ2v) is 8.54. The maximum absolute atomic E-state index is 5.08. The molecule has 1 aromatic carbocycles. The summed E-state index contributed by atoms with van der Waals surface area (Å²) in [4.78, 5) is 9.94. The minimum atomic E-state index is 0.723. The van der Waals surface area contributed by atoms with Crippen LogP contribution >= 0.6 is 0 Å². The van der Waals surface area contributed by atoms with Crippen LogP contribution in [-0.2, 0) is 13.0 Å². The van der Waals surface area contributed by atoms with E-state index in [-0.39, 0.29) is 0 Å². The van der Waals surface area contributed by atoms with E-state index in [0.717, 1.165) is 75.2 Å². The first-order valence-corrected chi connectivity index (χ1v) is 11.1. The highest BCUT2D eigenvalue weighted by molar-refractivity contribution is 5.80. The zero-order chi connectivity index (χ0) is 19.6. The molecule has 2 aromatic rings. The molecule has 0 radical (unpaired) electrons. The first-order chi connectivity index (χ1) is 14.3. The lowest BCUT2D eigenvalue weighted by atomic mass is 9.92. The lowest BCUT2D eigenvalue weighted by Gasteiger charge is -2.36. The molecule has 5 rings (SSSR count). The molecule has 3 aliphatic rings. The maximum atomic E-state index is 5.08. The Hall–Kier alpha value is -2.34. The van der Waals surface area contributed by atoms with Gasteiger partial charge in [-0.3, -0.25) is 9.89 Å². The van der Waals surface area contributed by atoms with Crippen molar-refractivity contribution < 1.29 is 4.52 Å². The molecule has 0 bridgehead atoms. The summed E-state index contributed by atoms with van der Waals surface area (Å²) in [6.45, 7) is 8.95. The van der Waals surface area contributed by atoms with Crippen molar-refractivity contribution in [3.63, 3.8) is 0 Å². The molecule has 6 heteroatoms. The number of fused-ring (bicyclic) bond motifs is 3. The number of aliphatic imine (C=N–C) groups is 1. The third kappa shape index (κ3) is 3.90. The van der Waals surface area contributed by atoms with Gasteiger partial charge >= 0.3 is 0 Å². The van der Waals surface area contributed by atoms with Crippen molar-refractivity contribution >= 4 is 5.96 Å². The van der Waals surface area contributed by atoms with E-state index in [4.69, 9.17) is 9.52 Å². The fourth-order valence-electron chi connectivity index (χ4n) is 5.24. The van der Waals surface area contributed by atoms with Gasteiger partial charge in [0.25, 0.3) is 0 Å². The third-order valence-electron chi connectivity index (χ3n) is 6.83. The van der Waals surface area contributed by atoms with Crippen molar-refractivity contribution in [2.24, 2.45) is 16.8 Å². The number of hydrogen-bond donors (Lipinski definition) is 1. The van der Waals surface area contributed by atoms with Crippen molar-refractivity contribution in [1.82, 2.24) is 20.3 Å². The standard InChI is InChI=1S/C23H31N5O/c1-2-24-23(28-12-10-27(11-13-28)16-18-9-14-29-26-18)25-15-21-20-8-7-17-5-3-4-6-19(17)22(20)21/h3-6,9,14,20-22H,2,7-8,10-13,15-16H2,1H3,(H,24,25). The number of aromatic nitrogens is 1. The van der Waals surface area contributed by atoms with Gasteiger partial charge in [0.2, 0.25) is 0 Å². The summed E-state index contributed by atoms with van der Waals surface area (Å²) in [5.41, 5.74) is 4.17. The highest BCUT2D eigenvalue weighted by atomic mass is 16.5. The van der Waals surface area contributed by atoms with Gasteiger partial charge in [-0.25, -0.2) is 0 Å². The molecule has 2 heterocycles. The monoisotopic (exact) mass is 393 g/mol. The molecule has 1 aromatic heterocycles. The van der Waals surface area contributed by atoms with Gasteiger partial charge in [0.05, 0.1) is 5.69 Å². The van der Waals surface area contributed by atoms with Crippen LogP contribution in [0.3, 0.4) is 0 Å². The van der Waals surface area contributed by atoms with Crippen LogP contribution in [-0.4, -0.2) is 60.2 Å². The molecule has 1 N–H and O–H groups in total. The Kier molecular flexibility index (Phi) is 5.27. The topological polar surface area (TPSA) is 56.9 Å². The first kappa shape index (κ1) is 18.7. The molecule has 0 amide bonds. The lowest BCUT2D eigenvalue weighted by molar-refractivity contribution is 0.169. The molecule has 2 aliphatic carbocycles. The van der Waals surface area contributed by atoms with E-state index in [1.165, 1.54) is 12.8 Å². The Labute approximate surface area is 173 Å². The predicted octanol–water partition coefficient (Wildman–Crippen LogP) is 2.73. The maximum Gasteiger partial charge on any atom is 0.194 e. The van der Waals surface area contributed by atoms with Crippen molar-refractivity contribution in [3.8, 4) is 0 Å². The van der Waals surface area contributed by atoms with Crippen LogP contribution in [0.5, 0.6) is 0 Å². The molecule has 0 spiro atoms. The van der Waals surface area contributed by atoms with Crippen LogP contribution in [0.1, 0.15) is 36.1 Å². The quantitative estimate of drug-likeness (QED) is 0.625. The minimum absolute atomic E-state index is 0.723. The largest absolute Gasteiger partial charge is 0.364 e. The SMILES string of the molecule is CCNC(=NCC1C2CCc3ccccc3C21)N1CCN(Cc2ccon2)CC1. The zero-order valence-electron chi connectivity index (χ0n) is 17.3.